The van der Waals surface area contributed by atoms with Crippen LogP contribution in [0.1, 0.15) is 38.7 Å². The second-order valence-electron chi connectivity index (χ2n) is 5.48. The van der Waals surface area contributed by atoms with Crippen molar-refractivity contribution in [3.63, 3.8) is 0 Å². The highest BCUT2D eigenvalue weighted by Crippen LogP contribution is 2.31. The minimum atomic E-state index is -0.723. The van der Waals surface area contributed by atoms with E-state index in [9.17, 15) is 14.4 Å². The van der Waals surface area contributed by atoms with Crippen LogP contribution in [0.15, 0.2) is 30.3 Å². The van der Waals surface area contributed by atoms with Crippen LogP contribution in [0.2, 0.25) is 0 Å². The maximum Gasteiger partial charge on any atom is 0.310 e. The molecule has 23 heavy (non-hydrogen) atoms. The van der Waals surface area contributed by atoms with Crippen molar-refractivity contribution < 1.29 is 23.9 Å². The molecule has 0 saturated heterocycles. The molecule has 5 heteroatoms. The van der Waals surface area contributed by atoms with Crippen molar-refractivity contribution in [3.05, 3.63) is 35.9 Å². The number of carbonyl (C=O) groups excluding carboxylic acids is 3. The first-order valence-corrected chi connectivity index (χ1v) is 7.83. The summed E-state index contributed by atoms with van der Waals surface area (Å²) in [5, 5.41) is 0. The van der Waals surface area contributed by atoms with Gasteiger partial charge in [0.05, 0.1) is 18.9 Å². The minimum absolute atomic E-state index is 0.0490. The summed E-state index contributed by atoms with van der Waals surface area (Å²) < 4.78 is 9.81. The number of methoxy groups -OCH3 is 1. The van der Waals surface area contributed by atoms with E-state index >= 15 is 0 Å². The summed E-state index contributed by atoms with van der Waals surface area (Å²) in [6, 6.07) is 9.24. The van der Waals surface area contributed by atoms with Crippen LogP contribution in [-0.4, -0.2) is 24.8 Å². The lowest BCUT2D eigenvalue weighted by Gasteiger charge is -2.15. The molecule has 0 radical (unpaired) electrons. The number of carbonyl (C=O) groups is 3. The van der Waals surface area contributed by atoms with Crippen LogP contribution in [-0.2, 0) is 30.5 Å². The van der Waals surface area contributed by atoms with Crippen molar-refractivity contribution >= 4 is 17.7 Å². The number of ether oxygens (including phenoxy) is 2. The third-order valence-corrected chi connectivity index (χ3v) is 3.41. The third kappa shape index (κ3) is 5.85. The van der Waals surface area contributed by atoms with E-state index in [0.29, 0.717) is 0 Å². The van der Waals surface area contributed by atoms with Crippen molar-refractivity contribution in [2.75, 3.05) is 7.11 Å². The maximum absolute atomic E-state index is 12.0. The molecule has 5 nitrogen and oxygen atoms in total. The molecule has 2 unspecified atom stereocenters. The normalized spacial score (nSPS) is 19.5. The van der Waals surface area contributed by atoms with Gasteiger partial charge < -0.3 is 9.47 Å². The van der Waals surface area contributed by atoms with Gasteiger partial charge >= 0.3 is 11.9 Å². The fourth-order valence-corrected chi connectivity index (χ4v) is 2.34. The van der Waals surface area contributed by atoms with Gasteiger partial charge in [0, 0.05) is 12.8 Å². The second kappa shape index (κ2) is 9.77. The predicted octanol–water partition coefficient (Wildman–Crippen LogP) is 2.91. The molecular weight excluding hydrogens is 296 g/mol. The number of hydrogen-bond acceptors (Lipinski definition) is 5. The summed E-state index contributed by atoms with van der Waals surface area (Å²) in [4.78, 5) is 35.0. The molecule has 1 saturated carbocycles. The summed E-state index contributed by atoms with van der Waals surface area (Å²) in [5.41, 5.74) is 0.861. The first kappa shape index (κ1) is 18.9. The van der Waals surface area contributed by atoms with E-state index in [-0.39, 0.29) is 25.2 Å². The van der Waals surface area contributed by atoms with Crippen LogP contribution >= 0.6 is 0 Å². The predicted molar refractivity (Wildman–Crippen MR) is 85.4 cm³/mol. The zero-order valence-corrected chi connectivity index (χ0v) is 13.9. The molecule has 0 spiro atoms. The minimum Gasteiger partial charge on any atom is -0.469 e. The molecule has 1 fully saturated rings. The van der Waals surface area contributed by atoms with Gasteiger partial charge in [0.25, 0.3) is 0 Å². The molecule has 1 aliphatic rings. The number of Topliss-reactive ketones (excluding diaryl/α,β-unsaturated/α-hetero) is 1. The average Bonchev–Trinajstić information content (AvgIpc) is 2.95. The Morgan fingerprint density at radius 1 is 1.04 bits per heavy atom. The van der Waals surface area contributed by atoms with E-state index in [0.717, 1.165) is 5.56 Å². The Kier molecular flexibility index (Phi) is 8.02. The Labute approximate surface area is 137 Å². The van der Waals surface area contributed by atoms with Gasteiger partial charge in [-0.3, -0.25) is 14.4 Å². The summed E-state index contributed by atoms with van der Waals surface area (Å²) in [5.74, 6) is -2.59. The standard InChI is InChI=1S/C15H16O5.C3H8/c1-19-14(17)12-7-11(16)8-13(12)15(18)20-9-10-5-3-2-4-6-10;1-3-2/h2-6,12-13H,7-9H2,1H3;3H2,1-2H3. The van der Waals surface area contributed by atoms with Crippen LogP contribution in [0.5, 0.6) is 0 Å². The Morgan fingerprint density at radius 2 is 1.57 bits per heavy atom. The van der Waals surface area contributed by atoms with E-state index in [1.54, 1.807) is 0 Å². The van der Waals surface area contributed by atoms with Crippen molar-refractivity contribution in [3.8, 4) is 0 Å². The Morgan fingerprint density at radius 3 is 2.09 bits per heavy atom. The highest BCUT2D eigenvalue weighted by atomic mass is 16.5. The Balaban J connectivity index is 0.000000816. The van der Waals surface area contributed by atoms with Crippen molar-refractivity contribution in [1.29, 1.82) is 0 Å². The van der Waals surface area contributed by atoms with E-state index in [1.807, 2.05) is 30.3 Å². The molecule has 0 heterocycles. The number of esters is 2. The van der Waals surface area contributed by atoms with Gasteiger partial charge in [-0.15, -0.1) is 0 Å². The molecule has 1 aromatic rings. The van der Waals surface area contributed by atoms with Gasteiger partial charge in [-0.2, -0.15) is 0 Å². The summed E-state index contributed by atoms with van der Waals surface area (Å²) in [7, 11) is 1.25. The molecule has 0 amide bonds. The maximum atomic E-state index is 12.0. The first-order chi connectivity index (χ1) is 11.0. The second-order valence-corrected chi connectivity index (χ2v) is 5.48. The number of rotatable bonds is 4. The largest absolute Gasteiger partial charge is 0.469 e. The molecule has 1 aliphatic carbocycles. The van der Waals surface area contributed by atoms with Gasteiger partial charge in [-0.05, 0) is 5.56 Å². The van der Waals surface area contributed by atoms with Crippen LogP contribution in [0.4, 0.5) is 0 Å². The van der Waals surface area contributed by atoms with E-state index in [4.69, 9.17) is 4.74 Å². The average molecular weight is 320 g/mol. The highest BCUT2D eigenvalue weighted by Gasteiger charge is 2.43. The van der Waals surface area contributed by atoms with Crippen LogP contribution in [0, 0.1) is 11.8 Å². The molecule has 2 atom stereocenters. The first-order valence-electron chi connectivity index (χ1n) is 7.83. The van der Waals surface area contributed by atoms with Crippen molar-refractivity contribution in [2.24, 2.45) is 11.8 Å². The third-order valence-electron chi connectivity index (χ3n) is 3.41. The van der Waals surface area contributed by atoms with E-state index < -0.39 is 23.8 Å². The summed E-state index contributed by atoms with van der Waals surface area (Å²) in [6.07, 6.45) is 1.35. The Bertz CT molecular complexity index is 523. The molecule has 2 rings (SSSR count). The summed E-state index contributed by atoms with van der Waals surface area (Å²) in [6.45, 7) is 4.39. The summed E-state index contributed by atoms with van der Waals surface area (Å²) >= 11 is 0. The Hall–Kier alpha value is -2.17. The smallest absolute Gasteiger partial charge is 0.310 e. The molecular formula is C18H24O5. The zero-order chi connectivity index (χ0) is 17.2. The van der Waals surface area contributed by atoms with Crippen molar-refractivity contribution in [2.45, 2.75) is 39.7 Å². The fourth-order valence-electron chi connectivity index (χ4n) is 2.34. The van der Waals surface area contributed by atoms with Gasteiger partial charge in [-0.1, -0.05) is 50.6 Å². The van der Waals surface area contributed by atoms with Gasteiger partial charge in [0.15, 0.2) is 0 Å². The lowest BCUT2D eigenvalue weighted by molar-refractivity contribution is -0.158. The molecule has 0 bridgehead atoms. The van der Waals surface area contributed by atoms with Crippen molar-refractivity contribution in [1.82, 2.24) is 0 Å². The highest BCUT2D eigenvalue weighted by molar-refractivity contribution is 5.95. The van der Waals surface area contributed by atoms with E-state index in [2.05, 4.69) is 18.6 Å². The van der Waals surface area contributed by atoms with Crippen LogP contribution in [0.3, 0.4) is 0 Å². The SMILES string of the molecule is CCC.COC(=O)C1CC(=O)CC1C(=O)OCc1ccccc1. The van der Waals surface area contributed by atoms with Crippen LogP contribution < -0.4 is 0 Å². The van der Waals surface area contributed by atoms with Gasteiger partial charge in [-0.25, -0.2) is 0 Å². The zero-order valence-electron chi connectivity index (χ0n) is 13.9. The molecule has 1 aromatic carbocycles. The lowest BCUT2D eigenvalue weighted by atomic mass is 9.96. The molecule has 0 aliphatic heterocycles. The molecule has 126 valence electrons. The molecule has 0 N–H and O–H groups in total. The lowest BCUT2D eigenvalue weighted by Crippen LogP contribution is -2.27. The van der Waals surface area contributed by atoms with E-state index in [1.165, 1.54) is 13.5 Å². The monoisotopic (exact) mass is 320 g/mol. The number of benzene rings is 1. The topological polar surface area (TPSA) is 69.7 Å². The van der Waals surface area contributed by atoms with Gasteiger partial charge in [0.2, 0.25) is 0 Å². The number of hydrogen-bond donors (Lipinski definition) is 0. The molecule has 0 aromatic heterocycles. The quantitative estimate of drug-likeness (QED) is 0.798. The van der Waals surface area contributed by atoms with Crippen LogP contribution in [0.25, 0.3) is 0 Å². The van der Waals surface area contributed by atoms with Gasteiger partial charge in [0.1, 0.15) is 12.4 Å². The number of ketones is 1. The fraction of sp³-hybridized carbons (Fsp3) is 0.500.